The average Bonchev–Trinajstić information content (AvgIpc) is 2.36. The van der Waals surface area contributed by atoms with E-state index in [2.05, 4.69) is 10.3 Å². The molecule has 0 aliphatic carbocycles. The van der Waals surface area contributed by atoms with Crippen molar-refractivity contribution < 1.29 is 13.6 Å². The summed E-state index contributed by atoms with van der Waals surface area (Å²) in [4.78, 5) is 15.6. The Kier molecular flexibility index (Phi) is 5.09. The maximum absolute atomic E-state index is 13.0. The zero-order chi connectivity index (χ0) is 15.4. The second kappa shape index (κ2) is 6.83. The van der Waals surface area contributed by atoms with Crippen molar-refractivity contribution >= 4 is 29.1 Å². The van der Waals surface area contributed by atoms with E-state index >= 15 is 0 Å². The molecule has 21 heavy (non-hydrogen) atoms. The summed E-state index contributed by atoms with van der Waals surface area (Å²) in [7, 11) is 0. The molecule has 110 valence electrons. The Morgan fingerprint density at radius 1 is 1.05 bits per heavy atom. The van der Waals surface area contributed by atoms with Crippen molar-refractivity contribution in [3.05, 3.63) is 63.4 Å². The fourth-order valence-corrected chi connectivity index (χ4v) is 2.23. The molecule has 0 saturated heterocycles. The lowest BCUT2D eigenvalue weighted by molar-refractivity contribution is 0.0954. The van der Waals surface area contributed by atoms with Gasteiger partial charge < -0.3 is 5.32 Å². The number of amides is 1. The molecule has 0 spiro atoms. The summed E-state index contributed by atoms with van der Waals surface area (Å²) in [5, 5.41) is 2.83. The van der Waals surface area contributed by atoms with Gasteiger partial charge >= 0.3 is 0 Å². The monoisotopic (exact) mass is 330 g/mol. The molecule has 1 heterocycles. The van der Waals surface area contributed by atoms with Crippen LogP contribution in [0.1, 0.15) is 15.9 Å². The van der Waals surface area contributed by atoms with E-state index in [1.165, 1.54) is 24.3 Å². The third kappa shape index (κ3) is 4.65. The molecule has 0 fully saturated rings. The number of benzene rings is 1. The van der Waals surface area contributed by atoms with E-state index in [-0.39, 0.29) is 22.4 Å². The van der Waals surface area contributed by atoms with E-state index < -0.39 is 17.5 Å². The van der Waals surface area contributed by atoms with Gasteiger partial charge in [0.1, 0.15) is 21.9 Å². The minimum absolute atomic E-state index is 0.111. The van der Waals surface area contributed by atoms with Crippen LogP contribution in [0.5, 0.6) is 0 Å². The average molecular weight is 331 g/mol. The van der Waals surface area contributed by atoms with E-state index in [0.717, 1.165) is 6.07 Å². The number of nitrogens with zero attached hydrogens (tertiary/aromatic N) is 1. The van der Waals surface area contributed by atoms with Gasteiger partial charge in [-0.15, -0.1) is 0 Å². The highest BCUT2D eigenvalue weighted by Gasteiger charge is 2.08. The third-order valence-electron chi connectivity index (χ3n) is 2.65. The third-order valence-corrected chi connectivity index (χ3v) is 3.03. The first-order valence-electron chi connectivity index (χ1n) is 6.00. The quantitative estimate of drug-likeness (QED) is 0.869. The predicted octanol–water partition coefficient (Wildman–Crippen LogP) is 3.64. The minimum atomic E-state index is -0.649. The van der Waals surface area contributed by atoms with Crippen LogP contribution in [0, 0.1) is 11.6 Å². The number of hydrogen-bond acceptors (Lipinski definition) is 2. The molecule has 2 rings (SSSR count). The molecule has 0 aliphatic heterocycles. The Morgan fingerprint density at radius 3 is 2.19 bits per heavy atom. The van der Waals surface area contributed by atoms with Gasteiger partial charge in [-0.2, -0.15) is 0 Å². The molecule has 1 aromatic carbocycles. The van der Waals surface area contributed by atoms with Gasteiger partial charge in [0, 0.05) is 18.2 Å². The molecule has 0 atom stereocenters. The Balaban J connectivity index is 1.95. The van der Waals surface area contributed by atoms with Crippen molar-refractivity contribution in [2.24, 2.45) is 0 Å². The highest BCUT2D eigenvalue weighted by molar-refractivity contribution is 6.33. The molecule has 1 amide bonds. The summed E-state index contributed by atoms with van der Waals surface area (Å²) >= 11 is 11.4. The molecular formula is C14H10Cl2F2N2O. The number of nitrogens with one attached hydrogen (secondary N) is 1. The maximum Gasteiger partial charge on any atom is 0.251 e. The first-order valence-corrected chi connectivity index (χ1v) is 6.76. The summed E-state index contributed by atoms with van der Waals surface area (Å²) in [5.41, 5.74) is 0.726. The van der Waals surface area contributed by atoms with Gasteiger partial charge in [0.05, 0.1) is 0 Å². The van der Waals surface area contributed by atoms with Gasteiger partial charge in [0.2, 0.25) is 0 Å². The van der Waals surface area contributed by atoms with E-state index in [0.29, 0.717) is 12.0 Å². The highest BCUT2D eigenvalue weighted by atomic mass is 35.5. The first kappa shape index (κ1) is 15.7. The lowest BCUT2D eigenvalue weighted by Crippen LogP contribution is -2.25. The molecule has 0 unspecified atom stereocenters. The van der Waals surface area contributed by atoms with Crippen molar-refractivity contribution in [2.45, 2.75) is 6.42 Å². The van der Waals surface area contributed by atoms with Gasteiger partial charge in [-0.25, -0.2) is 13.8 Å². The van der Waals surface area contributed by atoms with Gasteiger partial charge in [-0.1, -0.05) is 23.2 Å². The van der Waals surface area contributed by atoms with Crippen LogP contribution in [0.4, 0.5) is 8.78 Å². The van der Waals surface area contributed by atoms with E-state index in [9.17, 15) is 13.6 Å². The van der Waals surface area contributed by atoms with Crippen LogP contribution >= 0.6 is 23.2 Å². The maximum atomic E-state index is 13.0. The van der Waals surface area contributed by atoms with Gasteiger partial charge in [0.15, 0.2) is 0 Å². The summed E-state index contributed by atoms with van der Waals surface area (Å²) in [6.45, 7) is 0.222. The normalized spacial score (nSPS) is 10.5. The van der Waals surface area contributed by atoms with Crippen molar-refractivity contribution in [1.82, 2.24) is 10.3 Å². The van der Waals surface area contributed by atoms with Crippen LogP contribution in [0.2, 0.25) is 10.3 Å². The van der Waals surface area contributed by atoms with Crippen LogP contribution in [0.15, 0.2) is 30.3 Å². The van der Waals surface area contributed by atoms with Gasteiger partial charge in [-0.3, -0.25) is 4.79 Å². The first-order chi connectivity index (χ1) is 9.94. The largest absolute Gasteiger partial charge is 0.352 e. The number of carbonyl (C=O) groups is 1. The number of pyridine rings is 1. The Hall–Kier alpha value is -1.72. The molecule has 0 aliphatic rings. The zero-order valence-electron chi connectivity index (χ0n) is 10.7. The summed E-state index contributed by atoms with van der Waals surface area (Å²) < 4.78 is 26.0. The molecule has 2 aromatic rings. The number of hydrogen-bond donors (Lipinski definition) is 1. The number of rotatable bonds is 4. The standard InChI is InChI=1S/C14H10Cl2F2N2O/c15-12-5-9(6-13(16)20-12)14(21)19-2-1-8-3-10(17)7-11(18)4-8/h3-7H,1-2H2,(H,19,21). The Morgan fingerprint density at radius 2 is 1.62 bits per heavy atom. The molecule has 1 N–H and O–H groups in total. The number of halogens is 4. The predicted molar refractivity (Wildman–Crippen MR) is 76.7 cm³/mol. The fourth-order valence-electron chi connectivity index (χ4n) is 1.77. The Labute approximate surface area is 129 Å². The second-order valence-electron chi connectivity index (χ2n) is 4.28. The van der Waals surface area contributed by atoms with Gasteiger partial charge in [-0.05, 0) is 36.2 Å². The van der Waals surface area contributed by atoms with Crippen molar-refractivity contribution in [1.29, 1.82) is 0 Å². The summed E-state index contributed by atoms with van der Waals surface area (Å²) in [6, 6.07) is 5.99. The smallest absolute Gasteiger partial charge is 0.251 e. The van der Waals surface area contributed by atoms with E-state index in [4.69, 9.17) is 23.2 Å². The summed E-state index contributed by atoms with van der Waals surface area (Å²) in [6.07, 6.45) is 0.299. The van der Waals surface area contributed by atoms with Crippen LogP contribution < -0.4 is 5.32 Å². The van der Waals surface area contributed by atoms with Crippen LogP contribution in [0.25, 0.3) is 0 Å². The minimum Gasteiger partial charge on any atom is -0.352 e. The van der Waals surface area contributed by atoms with E-state index in [1.54, 1.807) is 0 Å². The van der Waals surface area contributed by atoms with Crippen molar-refractivity contribution in [3.8, 4) is 0 Å². The van der Waals surface area contributed by atoms with Crippen LogP contribution in [-0.4, -0.2) is 17.4 Å². The second-order valence-corrected chi connectivity index (χ2v) is 5.06. The van der Waals surface area contributed by atoms with Crippen molar-refractivity contribution in [2.75, 3.05) is 6.54 Å². The van der Waals surface area contributed by atoms with Crippen LogP contribution in [-0.2, 0) is 6.42 Å². The molecule has 3 nitrogen and oxygen atoms in total. The SMILES string of the molecule is O=C(NCCc1cc(F)cc(F)c1)c1cc(Cl)nc(Cl)c1. The lowest BCUT2D eigenvalue weighted by Gasteiger charge is -2.06. The molecular weight excluding hydrogens is 321 g/mol. The lowest BCUT2D eigenvalue weighted by atomic mass is 10.1. The molecule has 0 saturated carbocycles. The Bertz CT molecular complexity index is 640. The number of carbonyl (C=O) groups excluding carboxylic acids is 1. The fraction of sp³-hybridized carbons (Fsp3) is 0.143. The topological polar surface area (TPSA) is 42.0 Å². The van der Waals surface area contributed by atoms with Crippen LogP contribution in [0.3, 0.4) is 0 Å². The summed E-state index contributed by atoms with van der Waals surface area (Å²) in [5.74, 6) is -1.69. The molecule has 1 aromatic heterocycles. The molecule has 0 radical (unpaired) electrons. The van der Waals surface area contributed by atoms with E-state index in [1.807, 2.05) is 0 Å². The number of aromatic nitrogens is 1. The van der Waals surface area contributed by atoms with Crippen molar-refractivity contribution in [3.63, 3.8) is 0 Å². The molecule has 7 heteroatoms. The highest BCUT2D eigenvalue weighted by Crippen LogP contribution is 2.14. The zero-order valence-corrected chi connectivity index (χ0v) is 12.2. The molecule has 0 bridgehead atoms. The van der Waals surface area contributed by atoms with Gasteiger partial charge in [0.25, 0.3) is 5.91 Å².